The van der Waals surface area contributed by atoms with Crippen molar-refractivity contribution >= 4 is 46.6 Å². The highest BCUT2D eigenvalue weighted by Crippen LogP contribution is 2.29. The average molecular weight is 505 g/mol. The fourth-order valence-corrected chi connectivity index (χ4v) is 4.46. The van der Waals surface area contributed by atoms with Crippen LogP contribution in [0.5, 0.6) is 0 Å². The zero-order valence-corrected chi connectivity index (χ0v) is 19.7. The van der Waals surface area contributed by atoms with E-state index in [0.717, 1.165) is 11.3 Å². The van der Waals surface area contributed by atoms with Gasteiger partial charge in [0.05, 0.1) is 22.2 Å². The van der Waals surface area contributed by atoms with E-state index in [9.17, 15) is 9.59 Å². The van der Waals surface area contributed by atoms with Crippen LogP contribution in [0.2, 0.25) is 5.02 Å². The van der Waals surface area contributed by atoms with Crippen molar-refractivity contribution in [3.63, 3.8) is 0 Å². The van der Waals surface area contributed by atoms with Crippen molar-refractivity contribution in [1.29, 1.82) is 0 Å². The zero-order chi connectivity index (χ0) is 24.4. The molecule has 3 aromatic rings. The van der Waals surface area contributed by atoms with Gasteiger partial charge < -0.3 is 5.32 Å². The van der Waals surface area contributed by atoms with Gasteiger partial charge in [0.1, 0.15) is 24.4 Å². The van der Waals surface area contributed by atoms with E-state index in [0.29, 0.717) is 22.1 Å². The van der Waals surface area contributed by atoms with Crippen LogP contribution in [0, 0.1) is 5.92 Å². The van der Waals surface area contributed by atoms with Crippen LogP contribution >= 0.6 is 23.2 Å². The summed E-state index contributed by atoms with van der Waals surface area (Å²) >= 11 is 12.6. The number of allylic oxidation sites excluding steroid dienone is 3. The molecule has 2 aromatic carbocycles. The minimum atomic E-state index is -0.681. The molecule has 2 aliphatic rings. The van der Waals surface area contributed by atoms with E-state index in [4.69, 9.17) is 23.2 Å². The highest BCUT2D eigenvalue weighted by molar-refractivity contribution is 6.37. The second-order valence-electron chi connectivity index (χ2n) is 7.90. The number of rotatable bonds is 6. The molecule has 2 amide bonds. The van der Waals surface area contributed by atoms with E-state index in [1.54, 1.807) is 53.6 Å². The van der Waals surface area contributed by atoms with E-state index >= 15 is 0 Å². The first-order chi connectivity index (χ1) is 17.0. The maximum Gasteiger partial charge on any atom is 0.261 e. The molecule has 1 aliphatic carbocycles. The summed E-state index contributed by atoms with van der Waals surface area (Å²) in [5, 5.41) is 11.1. The number of aromatic nitrogens is 3. The van der Waals surface area contributed by atoms with Gasteiger partial charge in [-0.15, -0.1) is 10.2 Å². The third-order valence-electron chi connectivity index (χ3n) is 5.70. The van der Waals surface area contributed by atoms with Crippen LogP contribution in [0.15, 0.2) is 94.4 Å². The minimum Gasteiger partial charge on any atom is -0.351 e. The Bertz CT molecular complexity index is 1410. The first-order valence-corrected chi connectivity index (χ1v) is 11.5. The van der Waals surface area contributed by atoms with Crippen molar-refractivity contribution in [2.45, 2.75) is 5.92 Å². The molecule has 174 valence electrons. The number of nitrogens with one attached hydrogen (secondary N) is 1. The second-order valence-corrected chi connectivity index (χ2v) is 8.74. The molecule has 2 heterocycles. The highest BCUT2D eigenvalue weighted by atomic mass is 35.5. The first-order valence-electron chi connectivity index (χ1n) is 10.7. The number of benzene rings is 2. The second kappa shape index (κ2) is 9.77. The minimum absolute atomic E-state index is 0.160. The van der Waals surface area contributed by atoms with Crippen LogP contribution in [0.25, 0.3) is 5.69 Å². The average Bonchev–Trinajstić information content (AvgIpc) is 3.40. The van der Waals surface area contributed by atoms with Crippen molar-refractivity contribution in [2.75, 3.05) is 6.54 Å². The van der Waals surface area contributed by atoms with Gasteiger partial charge in [0.25, 0.3) is 11.8 Å². The highest BCUT2D eigenvalue weighted by Gasteiger charge is 2.34. The number of fused-ring (bicyclic) bond motifs is 1. The van der Waals surface area contributed by atoms with Crippen molar-refractivity contribution in [2.24, 2.45) is 15.9 Å². The Labute approximate surface area is 210 Å². The van der Waals surface area contributed by atoms with E-state index in [-0.39, 0.29) is 23.4 Å². The Morgan fingerprint density at radius 3 is 2.57 bits per heavy atom. The molecule has 0 saturated heterocycles. The third kappa shape index (κ3) is 4.71. The molecule has 35 heavy (non-hydrogen) atoms. The molecule has 8 nitrogen and oxygen atoms in total. The molecule has 0 fully saturated rings. The summed E-state index contributed by atoms with van der Waals surface area (Å²) < 4.78 is 1.69. The maximum absolute atomic E-state index is 13.0. The largest absolute Gasteiger partial charge is 0.351 e. The molecule has 0 saturated carbocycles. The topological polar surface area (TPSA) is 102 Å². The fraction of sp³-hybridized carbons (Fsp3) is 0.120. The molecule has 2 atom stereocenters. The van der Waals surface area contributed by atoms with Gasteiger partial charge in [0.2, 0.25) is 0 Å². The molecule has 5 rings (SSSR count). The number of amidine groups is 1. The zero-order valence-electron chi connectivity index (χ0n) is 18.2. The van der Waals surface area contributed by atoms with Gasteiger partial charge in [-0.3, -0.25) is 14.2 Å². The summed E-state index contributed by atoms with van der Waals surface area (Å²) in [7, 11) is 0. The number of nitrogens with zero attached hydrogens (tertiary/aromatic N) is 5. The van der Waals surface area contributed by atoms with Crippen molar-refractivity contribution in [3.05, 3.63) is 101 Å². The lowest BCUT2D eigenvalue weighted by Crippen LogP contribution is -2.35. The van der Waals surface area contributed by atoms with Crippen LogP contribution < -0.4 is 5.32 Å². The number of carbonyl (C=O) groups is 2. The molecule has 0 bridgehead atoms. The number of aliphatic imine (C=N–C) groups is 2. The summed E-state index contributed by atoms with van der Waals surface area (Å²) in [6.07, 6.45) is 8.24. The van der Waals surface area contributed by atoms with Crippen molar-refractivity contribution in [3.8, 4) is 5.69 Å². The van der Waals surface area contributed by atoms with Crippen LogP contribution in [0.1, 0.15) is 21.8 Å². The van der Waals surface area contributed by atoms with Crippen LogP contribution in [0.3, 0.4) is 0 Å². The van der Waals surface area contributed by atoms with Crippen molar-refractivity contribution < 1.29 is 9.59 Å². The van der Waals surface area contributed by atoms with Gasteiger partial charge in [0.15, 0.2) is 0 Å². The van der Waals surface area contributed by atoms with Gasteiger partial charge in [-0.1, -0.05) is 59.6 Å². The normalized spacial score (nSPS) is 17.7. The summed E-state index contributed by atoms with van der Waals surface area (Å²) in [4.78, 5) is 34.7. The Morgan fingerprint density at radius 1 is 1.06 bits per heavy atom. The van der Waals surface area contributed by atoms with Gasteiger partial charge in [0, 0.05) is 17.3 Å². The number of hydrogen-bond acceptors (Lipinski definition) is 5. The first kappa shape index (κ1) is 22.9. The fourth-order valence-electron chi connectivity index (χ4n) is 3.93. The molecule has 0 radical (unpaired) electrons. The van der Waals surface area contributed by atoms with Crippen molar-refractivity contribution in [1.82, 2.24) is 20.1 Å². The standard InChI is InChI=1S/C25H18Cl2N6O2/c26-19-7-4-8-21-22(19)25(35)32-23(31-21)18(15-5-2-1-3-6-15)12-28-24(34)17-10-9-16(11-20(17)27)33-13-29-30-14-33/h1-11,13-14,18,22H,12H2,(H,28,34)/t18-,22?/m0/s1. The Morgan fingerprint density at radius 2 is 1.83 bits per heavy atom. The summed E-state index contributed by atoms with van der Waals surface area (Å²) in [5.74, 6) is -1.55. The van der Waals surface area contributed by atoms with E-state index in [2.05, 4.69) is 25.5 Å². The maximum atomic E-state index is 13.0. The predicted octanol–water partition coefficient (Wildman–Crippen LogP) is 4.12. The Hall–Kier alpha value is -3.88. The smallest absolute Gasteiger partial charge is 0.261 e. The molecule has 10 heteroatoms. The third-order valence-corrected chi connectivity index (χ3v) is 6.36. The van der Waals surface area contributed by atoms with Gasteiger partial charge in [-0.05, 0) is 35.9 Å². The molecule has 1 unspecified atom stereocenters. The monoisotopic (exact) mass is 504 g/mol. The Balaban J connectivity index is 1.39. The van der Waals surface area contributed by atoms with E-state index < -0.39 is 11.8 Å². The lowest BCUT2D eigenvalue weighted by molar-refractivity contribution is -0.118. The number of amides is 2. The molecule has 0 spiro atoms. The summed E-state index contributed by atoms with van der Waals surface area (Å²) in [6.45, 7) is 0.160. The summed E-state index contributed by atoms with van der Waals surface area (Å²) in [5.41, 5.74) is 2.44. The Kier molecular flexibility index (Phi) is 6.39. The van der Waals surface area contributed by atoms with Crippen LogP contribution in [0.4, 0.5) is 0 Å². The SMILES string of the molecule is O=C(NC[C@H](C1=NC(=O)C2C(Cl)=CC=CC2=N1)c1ccccc1)c1ccc(-n2cnnc2)cc1Cl. The molecule has 1 N–H and O–H groups in total. The summed E-state index contributed by atoms with van der Waals surface area (Å²) in [6, 6.07) is 14.5. The predicted molar refractivity (Wildman–Crippen MR) is 134 cm³/mol. The quantitative estimate of drug-likeness (QED) is 0.545. The van der Waals surface area contributed by atoms with Gasteiger partial charge in [-0.25, -0.2) is 4.99 Å². The lowest BCUT2D eigenvalue weighted by atomic mass is 9.92. The lowest BCUT2D eigenvalue weighted by Gasteiger charge is -2.24. The van der Waals surface area contributed by atoms with Gasteiger partial charge in [-0.2, -0.15) is 4.99 Å². The van der Waals surface area contributed by atoms with E-state index in [1.807, 2.05) is 30.3 Å². The van der Waals surface area contributed by atoms with Gasteiger partial charge >= 0.3 is 0 Å². The van der Waals surface area contributed by atoms with E-state index in [1.165, 1.54) is 0 Å². The number of halogens is 2. The molecule has 1 aromatic heterocycles. The molecular formula is C25H18Cl2N6O2. The van der Waals surface area contributed by atoms with Crippen LogP contribution in [-0.4, -0.2) is 44.7 Å². The molecular weight excluding hydrogens is 487 g/mol. The number of carbonyl (C=O) groups excluding carboxylic acids is 2. The van der Waals surface area contributed by atoms with Crippen LogP contribution in [-0.2, 0) is 4.79 Å². The number of hydrogen-bond donors (Lipinski definition) is 1. The molecule has 1 aliphatic heterocycles.